The number of unbranched alkanes of at least 4 members (excludes halogenated alkanes) is 2. The first-order valence-electron chi connectivity index (χ1n) is 11.3. The Morgan fingerprint density at radius 3 is 2.86 bits per heavy atom. The van der Waals surface area contributed by atoms with Gasteiger partial charge in [0.15, 0.2) is 0 Å². The Morgan fingerprint density at radius 1 is 1.18 bits per heavy atom. The minimum absolute atomic E-state index is 0.0313. The molecule has 2 N–H and O–H groups in total. The highest BCUT2D eigenvalue weighted by atomic mass is 16.5. The Morgan fingerprint density at radius 2 is 2.07 bits per heavy atom. The number of ether oxygens (including phenoxy) is 1. The summed E-state index contributed by atoms with van der Waals surface area (Å²) in [6, 6.07) is 5.20. The molecule has 1 aromatic heterocycles. The average Bonchev–Trinajstić information content (AvgIpc) is 3.24. The van der Waals surface area contributed by atoms with Crippen LogP contribution in [-0.2, 0) is 17.6 Å². The second-order valence-electron chi connectivity index (χ2n) is 9.05. The molecule has 28 heavy (non-hydrogen) atoms. The normalized spacial score (nSPS) is 19.6. The molecule has 3 heterocycles. The van der Waals surface area contributed by atoms with E-state index in [2.05, 4.69) is 41.5 Å². The number of rotatable bonds is 11. The predicted octanol–water partition coefficient (Wildman–Crippen LogP) is 3.63. The van der Waals surface area contributed by atoms with Crippen LogP contribution in [-0.4, -0.2) is 61.4 Å². The summed E-state index contributed by atoms with van der Waals surface area (Å²) >= 11 is 0. The van der Waals surface area contributed by atoms with E-state index in [1.165, 1.54) is 56.3 Å². The molecule has 0 aromatic carbocycles. The molecular weight excluding hydrogens is 348 g/mol. The van der Waals surface area contributed by atoms with E-state index in [0.717, 1.165) is 44.8 Å². The van der Waals surface area contributed by atoms with Crippen molar-refractivity contribution in [2.24, 2.45) is 0 Å². The van der Waals surface area contributed by atoms with Crippen molar-refractivity contribution < 1.29 is 4.74 Å². The molecule has 3 rings (SSSR count). The Hall–Kier alpha value is -1.17. The van der Waals surface area contributed by atoms with Crippen LogP contribution in [0, 0.1) is 0 Å². The summed E-state index contributed by atoms with van der Waals surface area (Å²) in [6.07, 6.45) is 9.63. The molecule has 1 saturated heterocycles. The number of hydrogen-bond donors (Lipinski definition) is 2. The summed E-state index contributed by atoms with van der Waals surface area (Å²) in [4.78, 5) is 7.53. The van der Waals surface area contributed by atoms with E-state index in [-0.39, 0.29) is 5.60 Å². The highest BCUT2D eigenvalue weighted by molar-refractivity contribution is 5.46. The average molecular weight is 389 g/mol. The minimum Gasteiger partial charge on any atom is -0.379 e. The first-order valence-corrected chi connectivity index (χ1v) is 11.3. The van der Waals surface area contributed by atoms with Crippen LogP contribution in [0.4, 0.5) is 5.82 Å². The maximum Gasteiger partial charge on any atom is 0.129 e. The van der Waals surface area contributed by atoms with Crippen LogP contribution in [0.5, 0.6) is 0 Å². The van der Waals surface area contributed by atoms with Gasteiger partial charge in [0.25, 0.3) is 0 Å². The van der Waals surface area contributed by atoms with Gasteiger partial charge in [0.05, 0.1) is 5.60 Å². The van der Waals surface area contributed by atoms with Crippen molar-refractivity contribution in [3.63, 3.8) is 0 Å². The Bertz CT molecular complexity index is 598. The van der Waals surface area contributed by atoms with Gasteiger partial charge in [-0.1, -0.05) is 12.5 Å². The molecule has 2 aliphatic heterocycles. The van der Waals surface area contributed by atoms with Crippen molar-refractivity contribution in [2.45, 2.75) is 76.9 Å². The van der Waals surface area contributed by atoms with Crippen LogP contribution in [0.25, 0.3) is 0 Å². The molecule has 0 saturated carbocycles. The van der Waals surface area contributed by atoms with Crippen LogP contribution in [0.1, 0.15) is 63.6 Å². The molecule has 0 unspecified atom stereocenters. The molecule has 0 amide bonds. The number of fused-ring (bicyclic) bond motifs is 1. The van der Waals surface area contributed by atoms with Crippen LogP contribution in [0.3, 0.4) is 0 Å². The SMILES string of the molecule is COC(C)(C)CCN(CCCCCc1ccc2c(n1)NCCC2)[C@@H]1CCNC1. The molecule has 0 aliphatic carbocycles. The third-order valence-electron chi connectivity index (χ3n) is 6.43. The van der Waals surface area contributed by atoms with Gasteiger partial charge < -0.3 is 15.4 Å². The summed E-state index contributed by atoms with van der Waals surface area (Å²) in [5.41, 5.74) is 2.60. The third kappa shape index (κ3) is 6.43. The number of hydrogen-bond acceptors (Lipinski definition) is 5. The monoisotopic (exact) mass is 388 g/mol. The molecule has 1 aromatic rings. The maximum atomic E-state index is 5.63. The predicted molar refractivity (Wildman–Crippen MR) is 117 cm³/mol. The van der Waals surface area contributed by atoms with Gasteiger partial charge in [-0.05, 0) is 83.5 Å². The lowest BCUT2D eigenvalue weighted by molar-refractivity contribution is 0.00433. The molecule has 0 radical (unpaired) electrons. The lowest BCUT2D eigenvalue weighted by Crippen LogP contribution is -2.41. The number of anilines is 1. The fraction of sp³-hybridized carbons (Fsp3) is 0.783. The van der Waals surface area contributed by atoms with Crippen LogP contribution >= 0.6 is 0 Å². The van der Waals surface area contributed by atoms with Crippen molar-refractivity contribution in [3.8, 4) is 0 Å². The van der Waals surface area contributed by atoms with Crippen molar-refractivity contribution in [1.82, 2.24) is 15.2 Å². The molecule has 2 aliphatic rings. The van der Waals surface area contributed by atoms with Gasteiger partial charge >= 0.3 is 0 Å². The number of pyridine rings is 1. The molecule has 5 nitrogen and oxygen atoms in total. The molecule has 1 atom stereocenters. The Kier molecular flexibility index (Phi) is 8.12. The summed E-state index contributed by atoms with van der Waals surface area (Å²) in [6.45, 7) is 10.1. The highest BCUT2D eigenvalue weighted by Gasteiger charge is 2.24. The second kappa shape index (κ2) is 10.6. The van der Waals surface area contributed by atoms with Crippen LogP contribution in [0.2, 0.25) is 0 Å². The minimum atomic E-state index is -0.0313. The van der Waals surface area contributed by atoms with Gasteiger partial charge in [-0.15, -0.1) is 0 Å². The number of aryl methyl sites for hydroxylation is 2. The Balaban J connectivity index is 1.40. The third-order valence-corrected chi connectivity index (χ3v) is 6.43. The van der Waals surface area contributed by atoms with Gasteiger partial charge in [-0.2, -0.15) is 0 Å². The van der Waals surface area contributed by atoms with E-state index in [9.17, 15) is 0 Å². The van der Waals surface area contributed by atoms with E-state index < -0.39 is 0 Å². The molecule has 0 bridgehead atoms. The molecule has 5 heteroatoms. The van der Waals surface area contributed by atoms with Crippen molar-refractivity contribution in [3.05, 3.63) is 23.4 Å². The zero-order valence-corrected chi connectivity index (χ0v) is 18.2. The standard InChI is InChI=1S/C23H40N4O/c1-23(2,28-3)13-17-27(21-12-15-24-18-21)16-6-4-5-9-20-11-10-19-8-7-14-25-22(19)26-20/h10-11,21,24H,4-9,12-18H2,1-3H3,(H,25,26)/t21-/m1/s1. The zero-order valence-electron chi connectivity index (χ0n) is 18.2. The lowest BCUT2D eigenvalue weighted by atomic mass is 10.0. The van der Waals surface area contributed by atoms with E-state index in [4.69, 9.17) is 9.72 Å². The van der Waals surface area contributed by atoms with Gasteiger partial charge in [0, 0.05) is 38.5 Å². The number of aromatic nitrogens is 1. The lowest BCUT2D eigenvalue weighted by Gasteiger charge is -2.32. The van der Waals surface area contributed by atoms with Crippen molar-refractivity contribution in [2.75, 3.05) is 45.2 Å². The van der Waals surface area contributed by atoms with Gasteiger partial charge in [0.2, 0.25) is 0 Å². The quantitative estimate of drug-likeness (QED) is 0.567. The first kappa shape index (κ1) is 21.5. The van der Waals surface area contributed by atoms with Crippen LogP contribution < -0.4 is 10.6 Å². The summed E-state index contributed by atoms with van der Waals surface area (Å²) in [7, 11) is 1.83. The van der Waals surface area contributed by atoms with E-state index in [0.29, 0.717) is 6.04 Å². The maximum absolute atomic E-state index is 5.63. The summed E-state index contributed by atoms with van der Waals surface area (Å²) in [5, 5.41) is 6.97. The molecule has 1 fully saturated rings. The van der Waals surface area contributed by atoms with Gasteiger partial charge in [-0.3, -0.25) is 4.90 Å². The van der Waals surface area contributed by atoms with Gasteiger partial charge in [-0.25, -0.2) is 4.98 Å². The smallest absolute Gasteiger partial charge is 0.129 e. The van der Waals surface area contributed by atoms with E-state index >= 15 is 0 Å². The fourth-order valence-corrected chi connectivity index (χ4v) is 4.25. The van der Waals surface area contributed by atoms with E-state index in [1.807, 2.05) is 7.11 Å². The fourth-order valence-electron chi connectivity index (χ4n) is 4.25. The second-order valence-corrected chi connectivity index (χ2v) is 9.05. The molecular formula is C23H40N4O. The number of nitrogens with zero attached hydrogens (tertiary/aromatic N) is 2. The number of methoxy groups -OCH3 is 1. The molecule has 158 valence electrons. The largest absolute Gasteiger partial charge is 0.379 e. The summed E-state index contributed by atoms with van der Waals surface area (Å²) in [5.74, 6) is 1.13. The first-order chi connectivity index (χ1) is 13.6. The van der Waals surface area contributed by atoms with Crippen LogP contribution in [0.15, 0.2) is 12.1 Å². The summed E-state index contributed by atoms with van der Waals surface area (Å²) < 4.78 is 5.63. The topological polar surface area (TPSA) is 49.4 Å². The van der Waals surface area contributed by atoms with Gasteiger partial charge in [0.1, 0.15) is 5.82 Å². The van der Waals surface area contributed by atoms with E-state index in [1.54, 1.807) is 0 Å². The number of nitrogens with one attached hydrogen (secondary N) is 2. The van der Waals surface area contributed by atoms with Crippen molar-refractivity contribution >= 4 is 5.82 Å². The highest BCUT2D eigenvalue weighted by Crippen LogP contribution is 2.21. The molecule has 0 spiro atoms. The Labute approximate surface area is 171 Å². The zero-order chi connectivity index (χ0) is 19.8. The van der Waals surface area contributed by atoms with Crippen molar-refractivity contribution in [1.29, 1.82) is 0 Å².